The van der Waals surface area contributed by atoms with Gasteiger partial charge in [0.1, 0.15) is 0 Å². The minimum absolute atomic E-state index is 0.220. The van der Waals surface area contributed by atoms with Crippen LogP contribution in [0.1, 0.15) is 39.5 Å². The molecule has 0 aliphatic carbocycles. The lowest BCUT2D eigenvalue weighted by Crippen LogP contribution is -2.20. The van der Waals surface area contributed by atoms with E-state index in [0.29, 0.717) is 0 Å². The smallest absolute Gasteiger partial charge is 0.0396 e. The van der Waals surface area contributed by atoms with Crippen molar-refractivity contribution in [2.75, 3.05) is 0 Å². The van der Waals surface area contributed by atoms with Gasteiger partial charge < -0.3 is 0 Å². The summed E-state index contributed by atoms with van der Waals surface area (Å²) in [4.78, 5) is 0. The predicted molar refractivity (Wildman–Crippen MR) is 50.3 cm³/mol. The van der Waals surface area contributed by atoms with Crippen LogP contribution in [-0.4, -0.2) is 8.80 Å². The van der Waals surface area contributed by atoms with Gasteiger partial charge in [-0.3, -0.25) is 0 Å². The van der Waals surface area contributed by atoms with Crippen LogP contribution in [0.2, 0.25) is 17.6 Å². The number of rotatable bonds is 2. The molecular formula is C9H20Si. The van der Waals surface area contributed by atoms with Crippen molar-refractivity contribution in [2.24, 2.45) is 0 Å². The van der Waals surface area contributed by atoms with Crippen LogP contribution in [0.15, 0.2) is 0 Å². The van der Waals surface area contributed by atoms with Crippen LogP contribution in [-0.2, 0) is 0 Å². The highest BCUT2D eigenvalue weighted by Gasteiger charge is 2.19. The van der Waals surface area contributed by atoms with Gasteiger partial charge in [0.05, 0.1) is 0 Å². The zero-order chi connectivity index (χ0) is 7.40. The van der Waals surface area contributed by atoms with Crippen molar-refractivity contribution in [1.82, 2.24) is 0 Å². The van der Waals surface area contributed by atoms with Crippen molar-refractivity contribution in [3.8, 4) is 0 Å². The second-order valence-electron chi connectivity index (χ2n) is 3.78. The summed E-state index contributed by atoms with van der Waals surface area (Å²) < 4.78 is 0. The summed E-state index contributed by atoms with van der Waals surface area (Å²) in [5, 5.41) is 0. The monoisotopic (exact) mass is 156 g/mol. The summed E-state index contributed by atoms with van der Waals surface area (Å²) in [5.41, 5.74) is 1.13. The Bertz CT molecular complexity index is 84.7. The second-order valence-corrected chi connectivity index (χ2v) is 7.60. The summed E-state index contributed by atoms with van der Waals surface area (Å²) in [6.07, 6.45) is 6.08. The molecule has 1 aliphatic heterocycles. The van der Waals surface area contributed by atoms with E-state index < -0.39 is 0 Å². The van der Waals surface area contributed by atoms with E-state index >= 15 is 0 Å². The van der Waals surface area contributed by atoms with Crippen molar-refractivity contribution in [3.63, 3.8) is 0 Å². The lowest BCUT2D eigenvalue weighted by molar-refractivity contribution is 0.697. The van der Waals surface area contributed by atoms with Gasteiger partial charge in [-0.1, -0.05) is 57.2 Å². The van der Waals surface area contributed by atoms with Crippen LogP contribution in [0.3, 0.4) is 0 Å². The lowest BCUT2D eigenvalue weighted by atomic mass is 10.3. The van der Waals surface area contributed by atoms with E-state index in [4.69, 9.17) is 0 Å². The highest BCUT2D eigenvalue weighted by atomic mass is 28.3. The summed E-state index contributed by atoms with van der Waals surface area (Å²) in [7, 11) is -0.220. The fourth-order valence-corrected chi connectivity index (χ4v) is 5.76. The van der Waals surface area contributed by atoms with Crippen LogP contribution >= 0.6 is 0 Å². The van der Waals surface area contributed by atoms with Gasteiger partial charge in [-0.2, -0.15) is 0 Å². The Kier molecular flexibility index (Phi) is 3.47. The molecule has 1 aliphatic rings. The molecule has 0 amide bonds. The maximum atomic E-state index is 2.47. The van der Waals surface area contributed by atoms with E-state index in [9.17, 15) is 0 Å². The second kappa shape index (κ2) is 4.17. The number of hydrogen-bond acceptors (Lipinski definition) is 0. The Hall–Kier alpha value is 0.217. The Labute approximate surface area is 66.6 Å². The Morgan fingerprint density at radius 2 is 1.80 bits per heavy atom. The topological polar surface area (TPSA) is 0 Å². The predicted octanol–water partition coefficient (Wildman–Crippen LogP) is 3.20. The normalized spacial score (nSPS) is 24.6. The quantitative estimate of drug-likeness (QED) is 0.539. The van der Waals surface area contributed by atoms with E-state index in [0.717, 1.165) is 5.54 Å². The molecule has 10 heavy (non-hydrogen) atoms. The van der Waals surface area contributed by atoms with E-state index in [1.54, 1.807) is 24.9 Å². The van der Waals surface area contributed by atoms with Crippen LogP contribution < -0.4 is 0 Å². The van der Waals surface area contributed by atoms with Gasteiger partial charge in [-0.15, -0.1) is 0 Å². The van der Waals surface area contributed by atoms with Crippen molar-refractivity contribution in [2.45, 2.75) is 57.2 Å². The molecular weight excluding hydrogens is 136 g/mol. The fraction of sp³-hybridized carbons (Fsp3) is 1.00. The maximum absolute atomic E-state index is 2.47. The van der Waals surface area contributed by atoms with E-state index in [2.05, 4.69) is 13.8 Å². The molecule has 0 N–H and O–H groups in total. The van der Waals surface area contributed by atoms with Crippen LogP contribution in [0.4, 0.5) is 0 Å². The average molecular weight is 156 g/mol. The van der Waals surface area contributed by atoms with E-state index in [1.165, 1.54) is 12.8 Å². The maximum Gasteiger partial charge on any atom is 0.0396 e. The largest absolute Gasteiger partial charge is 0.0654 e. The van der Waals surface area contributed by atoms with Gasteiger partial charge in [-0.05, 0) is 0 Å². The van der Waals surface area contributed by atoms with E-state index in [-0.39, 0.29) is 8.80 Å². The molecule has 1 rings (SSSR count). The Morgan fingerprint density at radius 1 is 1.20 bits per heavy atom. The minimum atomic E-state index is -0.220. The third-order valence-electron chi connectivity index (χ3n) is 3.10. The summed E-state index contributed by atoms with van der Waals surface area (Å²) in [6.45, 7) is 4.83. The first-order valence-corrected chi connectivity index (χ1v) is 7.14. The van der Waals surface area contributed by atoms with Gasteiger partial charge in [0.15, 0.2) is 0 Å². The molecule has 0 radical (unpaired) electrons. The lowest BCUT2D eigenvalue weighted by Gasteiger charge is -2.25. The van der Waals surface area contributed by atoms with Gasteiger partial charge in [-0.25, -0.2) is 0 Å². The molecule has 1 saturated heterocycles. The molecule has 1 unspecified atom stereocenters. The molecule has 0 aromatic carbocycles. The fourth-order valence-electron chi connectivity index (χ4n) is 2.04. The molecule has 60 valence electrons. The summed E-state index contributed by atoms with van der Waals surface area (Å²) in [6, 6.07) is 3.30. The molecule has 0 spiro atoms. The average Bonchev–Trinajstić information content (AvgIpc) is 2.05. The zero-order valence-corrected chi connectivity index (χ0v) is 8.55. The summed E-state index contributed by atoms with van der Waals surface area (Å²) >= 11 is 0. The molecule has 1 fully saturated rings. The highest BCUT2D eigenvalue weighted by molar-refractivity contribution is 6.60. The first-order valence-electron chi connectivity index (χ1n) is 4.84. The SMILES string of the molecule is CCC(C)[SiH]1CCCCC1. The number of hydrogen-bond donors (Lipinski definition) is 0. The standard InChI is InChI=1S/C9H20Si/c1-3-9(2)10-7-5-4-6-8-10/h9-10H,3-8H2,1-2H3. The molecule has 0 aromatic rings. The molecule has 0 saturated carbocycles. The first kappa shape index (κ1) is 8.31. The van der Waals surface area contributed by atoms with E-state index in [1.807, 2.05) is 0 Å². The molecule has 1 heterocycles. The van der Waals surface area contributed by atoms with Gasteiger partial charge >= 0.3 is 0 Å². The van der Waals surface area contributed by atoms with Crippen LogP contribution in [0.5, 0.6) is 0 Å². The van der Waals surface area contributed by atoms with Crippen LogP contribution in [0.25, 0.3) is 0 Å². The molecule has 1 atom stereocenters. The third kappa shape index (κ3) is 2.12. The Morgan fingerprint density at radius 3 is 2.30 bits per heavy atom. The third-order valence-corrected chi connectivity index (χ3v) is 7.48. The van der Waals surface area contributed by atoms with Crippen molar-refractivity contribution in [3.05, 3.63) is 0 Å². The minimum Gasteiger partial charge on any atom is -0.0654 e. The van der Waals surface area contributed by atoms with Crippen LogP contribution in [0, 0.1) is 0 Å². The molecule has 0 bridgehead atoms. The Balaban J connectivity index is 2.24. The van der Waals surface area contributed by atoms with Crippen molar-refractivity contribution >= 4 is 8.80 Å². The first-order chi connectivity index (χ1) is 4.84. The zero-order valence-electron chi connectivity index (χ0n) is 7.40. The van der Waals surface area contributed by atoms with Gasteiger partial charge in [0.2, 0.25) is 0 Å². The molecule has 1 heteroatoms. The van der Waals surface area contributed by atoms with Crippen molar-refractivity contribution in [1.29, 1.82) is 0 Å². The van der Waals surface area contributed by atoms with Gasteiger partial charge in [0.25, 0.3) is 0 Å². The van der Waals surface area contributed by atoms with Gasteiger partial charge in [0, 0.05) is 8.80 Å². The summed E-state index contributed by atoms with van der Waals surface area (Å²) in [5.74, 6) is 0. The molecule has 0 aromatic heterocycles. The highest BCUT2D eigenvalue weighted by Crippen LogP contribution is 2.28. The molecule has 0 nitrogen and oxygen atoms in total. The van der Waals surface area contributed by atoms with Crippen molar-refractivity contribution < 1.29 is 0 Å².